The van der Waals surface area contributed by atoms with Gasteiger partial charge in [-0.25, -0.2) is 0 Å². The zero-order chi connectivity index (χ0) is 19.9. The minimum absolute atomic E-state index is 0.614. The molecule has 30 heavy (non-hydrogen) atoms. The molecular weight excluding hydrogens is 372 g/mol. The molecule has 0 aliphatic carbocycles. The highest BCUT2D eigenvalue weighted by molar-refractivity contribution is 6.00. The van der Waals surface area contributed by atoms with Gasteiger partial charge in [0, 0.05) is 34.9 Å². The molecule has 1 aliphatic rings. The van der Waals surface area contributed by atoms with Crippen molar-refractivity contribution in [2.24, 2.45) is 0 Å². The first kappa shape index (κ1) is 17.4. The number of hydrogen-bond acceptors (Lipinski definition) is 4. The van der Waals surface area contributed by atoms with Crippen LogP contribution in [-0.4, -0.2) is 38.2 Å². The van der Waals surface area contributed by atoms with Crippen LogP contribution in [0.25, 0.3) is 44.3 Å². The summed E-state index contributed by atoms with van der Waals surface area (Å²) in [6.45, 7) is 2.18. The van der Waals surface area contributed by atoms with Gasteiger partial charge in [0.05, 0.1) is 22.9 Å². The van der Waals surface area contributed by atoms with Crippen molar-refractivity contribution in [3.63, 3.8) is 0 Å². The van der Waals surface area contributed by atoms with Crippen LogP contribution in [0.3, 0.4) is 0 Å². The van der Waals surface area contributed by atoms with Gasteiger partial charge >= 0.3 is 0 Å². The molecule has 1 fully saturated rings. The monoisotopic (exact) mass is 394 g/mol. The number of pyridine rings is 2. The lowest BCUT2D eigenvalue weighted by molar-refractivity contribution is 0.460. The molecule has 148 valence electrons. The Morgan fingerprint density at radius 1 is 0.833 bits per heavy atom. The van der Waals surface area contributed by atoms with Crippen molar-refractivity contribution < 1.29 is 0 Å². The van der Waals surface area contributed by atoms with E-state index >= 15 is 0 Å². The minimum atomic E-state index is 0.614. The van der Waals surface area contributed by atoms with E-state index in [4.69, 9.17) is 0 Å². The average Bonchev–Trinajstić information content (AvgIpc) is 3.43. The number of aromatic nitrogens is 5. The largest absolute Gasteiger partial charge is 0.352 e. The summed E-state index contributed by atoms with van der Waals surface area (Å²) >= 11 is 0. The Morgan fingerprint density at radius 3 is 2.57 bits per heavy atom. The van der Waals surface area contributed by atoms with Gasteiger partial charge in [-0.15, -0.1) is 0 Å². The van der Waals surface area contributed by atoms with Crippen LogP contribution in [0, 0.1) is 0 Å². The van der Waals surface area contributed by atoms with Gasteiger partial charge in [-0.2, -0.15) is 5.10 Å². The van der Waals surface area contributed by atoms with Crippen molar-refractivity contribution in [2.45, 2.75) is 18.8 Å². The van der Waals surface area contributed by atoms with E-state index in [0.717, 1.165) is 57.4 Å². The average molecular weight is 394 g/mol. The van der Waals surface area contributed by atoms with Gasteiger partial charge in [-0.1, -0.05) is 6.07 Å². The molecule has 0 saturated carbocycles. The number of aromatic amines is 2. The lowest BCUT2D eigenvalue weighted by Crippen LogP contribution is -2.26. The van der Waals surface area contributed by atoms with Crippen LogP contribution in [0.1, 0.15) is 24.3 Å². The quantitative estimate of drug-likeness (QED) is 0.416. The number of nitrogens with one attached hydrogen (secondary N) is 3. The Balaban J connectivity index is 1.47. The lowest BCUT2D eigenvalue weighted by atomic mass is 9.89. The standard InChI is InChI=1S/C24H22N6/c1-2-21-19(11-17(1)15-3-7-25-8-4-15)24(30-29-21)22-12-18-20(13-27-14-23(18)28-22)16-5-9-26-10-6-16/h1-2,5-6,9-15,25,28H,3-4,7-8H2,(H,29,30). The van der Waals surface area contributed by atoms with Gasteiger partial charge in [0.25, 0.3) is 0 Å². The van der Waals surface area contributed by atoms with Crippen LogP contribution >= 0.6 is 0 Å². The van der Waals surface area contributed by atoms with Crippen molar-refractivity contribution in [2.75, 3.05) is 13.1 Å². The first-order valence-electron chi connectivity index (χ1n) is 10.4. The van der Waals surface area contributed by atoms with Crippen molar-refractivity contribution in [3.8, 4) is 22.5 Å². The van der Waals surface area contributed by atoms with Crippen molar-refractivity contribution >= 4 is 21.8 Å². The maximum atomic E-state index is 4.65. The van der Waals surface area contributed by atoms with Gasteiger partial charge in [0.1, 0.15) is 5.69 Å². The third kappa shape index (κ3) is 2.88. The second-order valence-electron chi connectivity index (χ2n) is 7.97. The molecule has 5 heterocycles. The van der Waals surface area contributed by atoms with E-state index < -0.39 is 0 Å². The maximum Gasteiger partial charge on any atom is 0.116 e. The molecular formula is C24H22N6. The van der Waals surface area contributed by atoms with Gasteiger partial charge in [0.2, 0.25) is 0 Å². The topological polar surface area (TPSA) is 82.3 Å². The molecule has 1 saturated heterocycles. The Kier molecular flexibility index (Phi) is 4.09. The predicted octanol–water partition coefficient (Wildman–Crippen LogP) is 4.64. The lowest BCUT2D eigenvalue weighted by Gasteiger charge is -2.23. The highest BCUT2D eigenvalue weighted by Crippen LogP contribution is 2.35. The summed E-state index contributed by atoms with van der Waals surface area (Å²) in [5.41, 5.74) is 7.63. The molecule has 0 atom stereocenters. The number of nitrogens with zero attached hydrogens (tertiary/aromatic N) is 3. The fourth-order valence-electron chi connectivity index (χ4n) is 4.59. The maximum absolute atomic E-state index is 4.65. The SMILES string of the molecule is c1cc(-c2cncc3[nH]c(-c4n[nH]c5ccc(C6CCNCC6)cc45)cc23)ccn1. The summed E-state index contributed by atoms with van der Waals surface area (Å²) in [5, 5.41) is 13.6. The summed E-state index contributed by atoms with van der Waals surface area (Å²) in [5.74, 6) is 0.614. The molecule has 0 radical (unpaired) electrons. The van der Waals surface area contributed by atoms with Crippen LogP contribution in [0.5, 0.6) is 0 Å². The predicted molar refractivity (Wildman–Crippen MR) is 119 cm³/mol. The summed E-state index contributed by atoms with van der Waals surface area (Å²) in [7, 11) is 0. The second-order valence-corrected chi connectivity index (χ2v) is 7.97. The normalized spacial score (nSPS) is 15.2. The van der Waals surface area contributed by atoms with Crippen molar-refractivity contribution in [1.82, 2.24) is 30.5 Å². The molecule has 0 bridgehead atoms. The van der Waals surface area contributed by atoms with E-state index in [-0.39, 0.29) is 0 Å². The van der Waals surface area contributed by atoms with Gasteiger partial charge < -0.3 is 10.3 Å². The Hall–Kier alpha value is -3.51. The van der Waals surface area contributed by atoms with Crippen LogP contribution in [0.15, 0.2) is 61.2 Å². The number of hydrogen-bond donors (Lipinski definition) is 3. The fraction of sp³-hybridized carbons (Fsp3) is 0.208. The van der Waals surface area contributed by atoms with E-state index in [9.17, 15) is 0 Å². The number of benzene rings is 1. The first-order chi connectivity index (χ1) is 14.9. The molecule has 5 aromatic rings. The highest BCUT2D eigenvalue weighted by Gasteiger charge is 2.18. The minimum Gasteiger partial charge on any atom is -0.352 e. The zero-order valence-corrected chi connectivity index (χ0v) is 16.5. The molecule has 0 unspecified atom stereocenters. The van der Waals surface area contributed by atoms with E-state index in [0.29, 0.717) is 5.92 Å². The summed E-state index contributed by atoms with van der Waals surface area (Å²) in [6, 6.07) is 12.9. The van der Waals surface area contributed by atoms with Crippen LogP contribution in [-0.2, 0) is 0 Å². The second kappa shape index (κ2) is 7.07. The van der Waals surface area contributed by atoms with E-state index in [1.807, 2.05) is 36.9 Å². The molecule has 1 aromatic carbocycles. The molecule has 6 nitrogen and oxygen atoms in total. The van der Waals surface area contributed by atoms with Gasteiger partial charge in [0.15, 0.2) is 0 Å². The molecule has 4 aromatic heterocycles. The Labute approximate surface area is 173 Å². The van der Waals surface area contributed by atoms with Gasteiger partial charge in [-0.3, -0.25) is 15.1 Å². The summed E-state index contributed by atoms with van der Waals surface area (Å²) < 4.78 is 0. The smallest absolute Gasteiger partial charge is 0.116 e. The number of piperidine rings is 1. The first-order valence-corrected chi connectivity index (χ1v) is 10.4. The number of H-pyrrole nitrogens is 2. The Morgan fingerprint density at radius 2 is 1.70 bits per heavy atom. The van der Waals surface area contributed by atoms with Crippen molar-refractivity contribution in [3.05, 3.63) is 66.7 Å². The third-order valence-electron chi connectivity index (χ3n) is 6.19. The Bertz CT molecular complexity index is 1330. The fourth-order valence-corrected chi connectivity index (χ4v) is 4.59. The molecule has 6 heteroatoms. The number of fused-ring (bicyclic) bond motifs is 2. The molecule has 3 N–H and O–H groups in total. The molecule has 1 aliphatic heterocycles. The zero-order valence-electron chi connectivity index (χ0n) is 16.5. The van der Waals surface area contributed by atoms with Gasteiger partial charge in [-0.05, 0) is 73.3 Å². The van der Waals surface area contributed by atoms with E-state index in [1.165, 1.54) is 18.4 Å². The highest BCUT2D eigenvalue weighted by atomic mass is 15.1. The van der Waals surface area contributed by atoms with Crippen LogP contribution in [0.2, 0.25) is 0 Å². The summed E-state index contributed by atoms with van der Waals surface area (Å²) in [6.07, 6.45) is 9.78. The van der Waals surface area contributed by atoms with E-state index in [2.05, 4.69) is 54.7 Å². The molecule has 0 spiro atoms. The van der Waals surface area contributed by atoms with Crippen LogP contribution in [0.4, 0.5) is 0 Å². The molecule has 6 rings (SSSR count). The number of rotatable bonds is 3. The summed E-state index contributed by atoms with van der Waals surface area (Å²) in [4.78, 5) is 12.1. The molecule has 0 amide bonds. The van der Waals surface area contributed by atoms with Crippen LogP contribution < -0.4 is 5.32 Å². The van der Waals surface area contributed by atoms with Crippen molar-refractivity contribution in [1.29, 1.82) is 0 Å². The third-order valence-corrected chi connectivity index (χ3v) is 6.19. The van der Waals surface area contributed by atoms with E-state index in [1.54, 1.807) is 0 Å².